The van der Waals surface area contributed by atoms with Gasteiger partial charge in [-0.15, -0.1) is 0 Å². The predicted octanol–water partition coefficient (Wildman–Crippen LogP) is 1.29. The van der Waals surface area contributed by atoms with Crippen molar-refractivity contribution < 1.29 is 14.7 Å². The van der Waals surface area contributed by atoms with Gasteiger partial charge >= 0.3 is 5.97 Å². The highest BCUT2D eigenvalue weighted by Crippen LogP contribution is 2.17. The normalized spacial score (nSPS) is 16.1. The van der Waals surface area contributed by atoms with Crippen LogP contribution in [0.3, 0.4) is 0 Å². The lowest BCUT2D eigenvalue weighted by molar-refractivity contribution is -0.148. The fourth-order valence-electron chi connectivity index (χ4n) is 1.82. The molecule has 18 heavy (non-hydrogen) atoms. The first-order valence-electron chi connectivity index (χ1n) is 5.55. The molecule has 0 saturated carbocycles. The minimum absolute atomic E-state index is 0.166. The van der Waals surface area contributed by atoms with E-state index in [0.717, 1.165) is 0 Å². The van der Waals surface area contributed by atoms with Gasteiger partial charge in [-0.2, -0.15) is 0 Å². The molecular weight excluding hydrogens is 256 g/mol. The van der Waals surface area contributed by atoms with Gasteiger partial charge in [0.1, 0.15) is 0 Å². The maximum Gasteiger partial charge on any atom is 0.309 e. The van der Waals surface area contributed by atoms with E-state index in [1.807, 2.05) is 0 Å². The summed E-state index contributed by atoms with van der Waals surface area (Å²) in [5.74, 6) is -1.31. The number of anilines is 1. The number of rotatable bonds is 4. The Labute approximate surface area is 109 Å². The van der Waals surface area contributed by atoms with Gasteiger partial charge in [-0.25, -0.2) is 0 Å². The van der Waals surface area contributed by atoms with E-state index in [1.54, 1.807) is 29.2 Å². The zero-order valence-corrected chi connectivity index (χ0v) is 10.4. The molecule has 96 valence electrons. The molecule has 1 aromatic carbocycles. The van der Waals surface area contributed by atoms with E-state index >= 15 is 0 Å². The molecule has 1 aliphatic rings. The molecule has 5 nitrogen and oxygen atoms in total. The maximum absolute atomic E-state index is 11.7. The van der Waals surface area contributed by atoms with E-state index in [0.29, 0.717) is 23.8 Å². The van der Waals surface area contributed by atoms with Crippen LogP contribution in [0.5, 0.6) is 0 Å². The summed E-state index contributed by atoms with van der Waals surface area (Å²) in [5, 5.41) is 12.0. The van der Waals surface area contributed by atoms with E-state index in [4.69, 9.17) is 16.7 Å². The molecule has 1 aliphatic heterocycles. The second-order valence-electron chi connectivity index (χ2n) is 4.29. The fraction of sp³-hybridized carbons (Fsp3) is 0.333. The third-order valence-corrected chi connectivity index (χ3v) is 3.02. The predicted molar refractivity (Wildman–Crippen MR) is 67.6 cm³/mol. The maximum atomic E-state index is 11.7. The summed E-state index contributed by atoms with van der Waals surface area (Å²) in [6.45, 7) is 1.06. The lowest BCUT2D eigenvalue weighted by Gasteiger charge is -2.35. The van der Waals surface area contributed by atoms with E-state index < -0.39 is 5.97 Å². The zero-order valence-electron chi connectivity index (χ0n) is 9.60. The minimum Gasteiger partial charge on any atom is -0.481 e. The van der Waals surface area contributed by atoms with E-state index in [-0.39, 0.29) is 18.4 Å². The van der Waals surface area contributed by atoms with Crippen LogP contribution >= 0.6 is 11.6 Å². The van der Waals surface area contributed by atoms with Crippen LogP contribution in [-0.2, 0) is 9.59 Å². The van der Waals surface area contributed by atoms with Crippen molar-refractivity contribution in [3.05, 3.63) is 29.3 Å². The van der Waals surface area contributed by atoms with Gasteiger partial charge in [0.25, 0.3) is 0 Å². The Morgan fingerprint density at radius 1 is 1.44 bits per heavy atom. The number of carboxylic acid groups (broad SMARTS) is 1. The molecule has 1 saturated heterocycles. The molecule has 1 aromatic rings. The Morgan fingerprint density at radius 2 is 2.17 bits per heavy atom. The first-order chi connectivity index (χ1) is 8.54. The number of hydrogen-bond donors (Lipinski definition) is 2. The largest absolute Gasteiger partial charge is 0.481 e. The van der Waals surface area contributed by atoms with Crippen molar-refractivity contribution in [1.82, 2.24) is 4.90 Å². The summed E-state index contributed by atoms with van der Waals surface area (Å²) in [4.78, 5) is 24.1. The molecule has 2 rings (SSSR count). The van der Waals surface area contributed by atoms with Crippen molar-refractivity contribution in [1.29, 1.82) is 0 Å². The van der Waals surface area contributed by atoms with Gasteiger partial charge in [0.05, 0.1) is 12.5 Å². The topological polar surface area (TPSA) is 69.6 Å². The van der Waals surface area contributed by atoms with Crippen molar-refractivity contribution in [3.8, 4) is 0 Å². The SMILES string of the molecule is O=C(CN1CC(C(=O)O)C1)Nc1cccc(Cl)c1. The first kappa shape index (κ1) is 12.9. The van der Waals surface area contributed by atoms with Gasteiger partial charge in [-0.1, -0.05) is 17.7 Å². The Hall–Kier alpha value is -1.59. The van der Waals surface area contributed by atoms with E-state index in [9.17, 15) is 9.59 Å². The van der Waals surface area contributed by atoms with Crippen molar-refractivity contribution in [3.63, 3.8) is 0 Å². The molecule has 2 N–H and O–H groups in total. The molecule has 0 spiro atoms. The number of nitrogens with zero attached hydrogens (tertiary/aromatic N) is 1. The summed E-state index contributed by atoms with van der Waals surface area (Å²) in [6, 6.07) is 6.89. The summed E-state index contributed by atoms with van der Waals surface area (Å²) in [7, 11) is 0. The Balaban J connectivity index is 1.78. The molecule has 0 atom stereocenters. The number of nitrogens with one attached hydrogen (secondary N) is 1. The molecule has 0 radical (unpaired) electrons. The van der Waals surface area contributed by atoms with E-state index in [2.05, 4.69) is 5.32 Å². The van der Waals surface area contributed by atoms with Crippen LogP contribution in [0.4, 0.5) is 5.69 Å². The third kappa shape index (κ3) is 3.21. The molecule has 0 aliphatic carbocycles. The number of likely N-dealkylation sites (tertiary alicyclic amines) is 1. The van der Waals surface area contributed by atoms with Crippen molar-refractivity contribution in [2.24, 2.45) is 5.92 Å². The quantitative estimate of drug-likeness (QED) is 0.863. The second-order valence-corrected chi connectivity index (χ2v) is 4.72. The number of benzene rings is 1. The molecule has 1 heterocycles. The van der Waals surface area contributed by atoms with Gasteiger partial charge in [0.15, 0.2) is 0 Å². The van der Waals surface area contributed by atoms with E-state index in [1.165, 1.54) is 0 Å². The lowest BCUT2D eigenvalue weighted by Crippen LogP contribution is -2.52. The van der Waals surface area contributed by atoms with Crippen molar-refractivity contribution >= 4 is 29.2 Å². The van der Waals surface area contributed by atoms with Crippen LogP contribution in [0, 0.1) is 5.92 Å². The average molecular weight is 269 g/mol. The van der Waals surface area contributed by atoms with Gasteiger partial charge in [0, 0.05) is 23.8 Å². The summed E-state index contributed by atoms with van der Waals surface area (Å²) < 4.78 is 0. The lowest BCUT2D eigenvalue weighted by atomic mass is 10.0. The van der Waals surface area contributed by atoms with Crippen LogP contribution in [0.1, 0.15) is 0 Å². The highest BCUT2D eigenvalue weighted by Gasteiger charge is 2.33. The Bertz CT molecular complexity index is 472. The van der Waals surface area contributed by atoms with Crippen LogP contribution in [0.15, 0.2) is 24.3 Å². The monoisotopic (exact) mass is 268 g/mol. The highest BCUT2D eigenvalue weighted by molar-refractivity contribution is 6.30. The number of aliphatic carboxylic acids is 1. The van der Waals surface area contributed by atoms with Crippen molar-refractivity contribution in [2.75, 3.05) is 25.0 Å². The Morgan fingerprint density at radius 3 is 2.78 bits per heavy atom. The van der Waals surface area contributed by atoms with Gasteiger partial charge in [-0.05, 0) is 18.2 Å². The van der Waals surface area contributed by atoms with Gasteiger partial charge in [0.2, 0.25) is 5.91 Å². The smallest absolute Gasteiger partial charge is 0.309 e. The van der Waals surface area contributed by atoms with Gasteiger partial charge < -0.3 is 10.4 Å². The number of carbonyl (C=O) groups is 2. The fourth-order valence-corrected chi connectivity index (χ4v) is 2.02. The van der Waals surface area contributed by atoms with Crippen LogP contribution < -0.4 is 5.32 Å². The third-order valence-electron chi connectivity index (χ3n) is 2.78. The number of carbonyl (C=O) groups excluding carboxylic acids is 1. The summed E-state index contributed by atoms with van der Waals surface area (Å²) >= 11 is 5.80. The second kappa shape index (κ2) is 5.37. The molecule has 0 bridgehead atoms. The van der Waals surface area contributed by atoms with Crippen molar-refractivity contribution in [2.45, 2.75) is 0 Å². The first-order valence-corrected chi connectivity index (χ1v) is 5.93. The molecule has 0 unspecified atom stereocenters. The number of amides is 1. The highest BCUT2D eigenvalue weighted by atomic mass is 35.5. The van der Waals surface area contributed by atoms with Gasteiger partial charge in [-0.3, -0.25) is 14.5 Å². The zero-order chi connectivity index (χ0) is 13.1. The minimum atomic E-state index is -0.804. The summed E-state index contributed by atoms with van der Waals surface area (Å²) in [6.07, 6.45) is 0. The molecule has 1 amide bonds. The molecule has 6 heteroatoms. The Kier molecular flexibility index (Phi) is 3.84. The van der Waals surface area contributed by atoms with Crippen LogP contribution in [0.25, 0.3) is 0 Å². The molecular formula is C12H13ClN2O3. The molecule has 0 aromatic heterocycles. The van der Waals surface area contributed by atoms with Crippen LogP contribution in [-0.4, -0.2) is 41.5 Å². The number of hydrogen-bond acceptors (Lipinski definition) is 3. The standard InChI is InChI=1S/C12H13ClN2O3/c13-9-2-1-3-10(4-9)14-11(16)7-15-5-8(6-15)12(17)18/h1-4,8H,5-7H2,(H,14,16)(H,17,18). The number of carboxylic acids is 1. The average Bonchev–Trinajstić information content (AvgIpc) is 2.22. The molecule has 1 fully saturated rings. The number of halogens is 1. The van der Waals surface area contributed by atoms with Crippen LogP contribution in [0.2, 0.25) is 5.02 Å². The summed E-state index contributed by atoms with van der Waals surface area (Å²) in [5.41, 5.74) is 0.641.